The van der Waals surface area contributed by atoms with Crippen LogP contribution in [0.25, 0.3) is 17.2 Å². The number of anilines is 1. The minimum atomic E-state index is -0.910. The van der Waals surface area contributed by atoms with Gasteiger partial charge in [-0.1, -0.05) is 78.9 Å². The number of esters is 1. The van der Waals surface area contributed by atoms with E-state index in [2.05, 4.69) is 29.6 Å². The quantitative estimate of drug-likeness (QED) is 0.434. The van der Waals surface area contributed by atoms with Gasteiger partial charge in [0, 0.05) is 5.92 Å². The molecule has 1 aliphatic carbocycles. The number of nitrogens with zero attached hydrogens (tertiary/aromatic N) is 1. The van der Waals surface area contributed by atoms with Crippen LogP contribution in [0.1, 0.15) is 49.8 Å². The van der Waals surface area contributed by atoms with Crippen molar-refractivity contribution in [3.8, 4) is 11.1 Å². The number of alkyl carbamates (subject to hydrolysis) is 1. The lowest BCUT2D eigenvalue weighted by atomic mass is 9.98. The number of carbonyl (C=O) groups is 3. The first-order valence-electron chi connectivity index (χ1n) is 13.1. The van der Waals surface area contributed by atoms with Crippen LogP contribution in [0, 0.1) is 0 Å². The fourth-order valence-corrected chi connectivity index (χ4v) is 5.18. The summed E-state index contributed by atoms with van der Waals surface area (Å²) in [7, 11) is 0. The molecule has 0 bridgehead atoms. The standard InChI is InChI=1S/C32H32N2O5/c1-32(2,3)39-29(35)19-34-28-18-9-4-11-21(28)12-10-17-27(30(34)36)33-31(37)38-20-26-24-15-7-5-13-22(24)23-14-6-8-16-25(23)26/h4-16,18,26-27H,17,19-20H2,1-3H3,(H,33,37)/t27-/m1/s1. The predicted octanol–water partition coefficient (Wildman–Crippen LogP) is 5.69. The van der Waals surface area contributed by atoms with E-state index >= 15 is 0 Å². The van der Waals surface area contributed by atoms with E-state index in [9.17, 15) is 14.4 Å². The van der Waals surface area contributed by atoms with Crippen LogP contribution in [-0.2, 0) is 19.1 Å². The highest BCUT2D eigenvalue weighted by Crippen LogP contribution is 2.44. The fraction of sp³-hybridized carbons (Fsp3) is 0.281. The van der Waals surface area contributed by atoms with Gasteiger partial charge in [0.1, 0.15) is 24.8 Å². The first kappa shape index (κ1) is 26.2. The van der Waals surface area contributed by atoms with E-state index in [1.807, 2.05) is 48.6 Å². The highest BCUT2D eigenvalue weighted by molar-refractivity contribution is 6.04. The van der Waals surface area contributed by atoms with Crippen molar-refractivity contribution in [2.45, 2.75) is 44.8 Å². The van der Waals surface area contributed by atoms with Gasteiger partial charge < -0.3 is 14.8 Å². The average Bonchev–Trinajstić information content (AvgIpc) is 3.22. The molecule has 1 heterocycles. The summed E-state index contributed by atoms with van der Waals surface area (Å²) in [5.41, 5.74) is 5.17. The molecule has 1 N–H and O–H groups in total. The molecule has 0 unspecified atom stereocenters. The Balaban J connectivity index is 1.31. The van der Waals surface area contributed by atoms with E-state index < -0.39 is 29.6 Å². The second kappa shape index (κ2) is 10.8. The summed E-state index contributed by atoms with van der Waals surface area (Å²) in [6.45, 7) is 5.19. The lowest BCUT2D eigenvalue weighted by Crippen LogP contribution is -2.51. The number of fused-ring (bicyclic) bond motifs is 4. The number of ether oxygens (including phenoxy) is 2. The van der Waals surface area contributed by atoms with Crippen LogP contribution >= 0.6 is 0 Å². The number of carbonyl (C=O) groups excluding carboxylic acids is 3. The maximum Gasteiger partial charge on any atom is 0.407 e. The van der Waals surface area contributed by atoms with Crippen molar-refractivity contribution in [3.05, 3.63) is 95.6 Å². The normalized spacial score (nSPS) is 16.4. The number of hydrogen-bond donors (Lipinski definition) is 1. The first-order valence-corrected chi connectivity index (χ1v) is 13.1. The Bertz CT molecular complexity index is 1390. The lowest BCUT2D eigenvalue weighted by molar-refractivity contribution is -0.153. The van der Waals surface area contributed by atoms with Crippen molar-refractivity contribution >= 4 is 29.7 Å². The Morgan fingerprint density at radius 2 is 1.54 bits per heavy atom. The Morgan fingerprint density at radius 1 is 0.923 bits per heavy atom. The molecule has 5 rings (SSSR count). The predicted molar refractivity (Wildman–Crippen MR) is 150 cm³/mol. The molecule has 7 heteroatoms. The second-order valence-electron chi connectivity index (χ2n) is 10.7. The van der Waals surface area contributed by atoms with Gasteiger partial charge in [-0.15, -0.1) is 0 Å². The Hall–Kier alpha value is -4.39. The summed E-state index contributed by atoms with van der Waals surface area (Å²) in [6.07, 6.45) is 3.30. The molecule has 200 valence electrons. The smallest absolute Gasteiger partial charge is 0.407 e. The van der Waals surface area contributed by atoms with E-state index in [0.29, 0.717) is 5.69 Å². The first-order chi connectivity index (χ1) is 18.7. The van der Waals surface area contributed by atoms with Gasteiger partial charge in [-0.25, -0.2) is 4.79 Å². The van der Waals surface area contributed by atoms with Crippen molar-refractivity contribution in [2.75, 3.05) is 18.1 Å². The van der Waals surface area contributed by atoms with Gasteiger partial charge in [0.25, 0.3) is 5.91 Å². The van der Waals surface area contributed by atoms with Gasteiger partial charge in [-0.05, 0) is 61.1 Å². The Kier molecular flexibility index (Phi) is 7.24. The third kappa shape index (κ3) is 5.72. The molecule has 2 amide bonds. The average molecular weight is 525 g/mol. The van der Waals surface area contributed by atoms with Crippen LogP contribution in [0.5, 0.6) is 0 Å². The van der Waals surface area contributed by atoms with E-state index in [4.69, 9.17) is 9.47 Å². The third-order valence-electron chi connectivity index (χ3n) is 6.80. The van der Waals surface area contributed by atoms with Crippen molar-refractivity contribution in [2.24, 2.45) is 0 Å². The molecule has 2 aliphatic rings. The summed E-state index contributed by atoms with van der Waals surface area (Å²) in [6, 6.07) is 22.6. The molecule has 3 aromatic rings. The van der Waals surface area contributed by atoms with Gasteiger partial charge in [-0.3, -0.25) is 14.5 Å². The maximum atomic E-state index is 13.7. The van der Waals surface area contributed by atoms with Gasteiger partial charge in [-0.2, -0.15) is 0 Å². The number of benzene rings is 3. The third-order valence-corrected chi connectivity index (χ3v) is 6.80. The van der Waals surface area contributed by atoms with Crippen LogP contribution in [0.4, 0.5) is 10.5 Å². The van der Waals surface area contributed by atoms with Gasteiger partial charge in [0.15, 0.2) is 0 Å². The van der Waals surface area contributed by atoms with E-state index in [-0.39, 0.29) is 25.5 Å². The molecule has 0 radical (unpaired) electrons. The molecule has 7 nitrogen and oxygen atoms in total. The van der Waals surface area contributed by atoms with Crippen LogP contribution < -0.4 is 10.2 Å². The van der Waals surface area contributed by atoms with Crippen molar-refractivity contribution in [1.29, 1.82) is 0 Å². The Morgan fingerprint density at radius 3 is 2.21 bits per heavy atom. The summed E-state index contributed by atoms with van der Waals surface area (Å²) in [4.78, 5) is 40.8. The highest BCUT2D eigenvalue weighted by atomic mass is 16.6. The number of hydrogen-bond acceptors (Lipinski definition) is 5. The maximum absolute atomic E-state index is 13.7. The van der Waals surface area contributed by atoms with Gasteiger partial charge in [0.2, 0.25) is 0 Å². The van der Waals surface area contributed by atoms with Gasteiger partial charge in [0.05, 0.1) is 5.69 Å². The molecular weight excluding hydrogens is 492 g/mol. The molecule has 0 spiro atoms. The summed E-state index contributed by atoms with van der Waals surface area (Å²) in [5.74, 6) is -1.03. The number of nitrogens with one attached hydrogen (secondary N) is 1. The monoisotopic (exact) mass is 524 g/mol. The SMILES string of the molecule is CC(C)(C)OC(=O)CN1C(=O)[C@H](NC(=O)OCC2c3ccccc3-c3ccccc32)CC=Cc2ccccc21. The zero-order valence-electron chi connectivity index (χ0n) is 22.3. The largest absolute Gasteiger partial charge is 0.459 e. The molecule has 39 heavy (non-hydrogen) atoms. The number of para-hydroxylation sites is 1. The molecule has 0 saturated heterocycles. The molecule has 1 aliphatic heterocycles. The minimum absolute atomic E-state index is 0.0911. The fourth-order valence-electron chi connectivity index (χ4n) is 5.18. The van der Waals surface area contributed by atoms with Crippen LogP contribution in [0.2, 0.25) is 0 Å². The summed E-state index contributed by atoms with van der Waals surface area (Å²) in [5, 5.41) is 2.73. The van der Waals surface area contributed by atoms with Crippen LogP contribution in [0.3, 0.4) is 0 Å². The van der Waals surface area contributed by atoms with Crippen LogP contribution in [0.15, 0.2) is 78.9 Å². The molecular formula is C32H32N2O5. The zero-order valence-corrected chi connectivity index (χ0v) is 22.3. The molecule has 0 saturated carbocycles. The van der Waals surface area contributed by atoms with E-state index in [1.165, 1.54) is 4.90 Å². The minimum Gasteiger partial charge on any atom is -0.459 e. The highest BCUT2D eigenvalue weighted by Gasteiger charge is 2.33. The number of rotatable bonds is 5. The second-order valence-corrected chi connectivity index (χ2v) is 10.7. The summed E-state index contributed by atoms with van der Waals surface area (Å²) < 4.78 is 11.2. The lowest BCUT2D eigenvalue weighted by Gasteiger charge is -2.30. The zero-order chi connectivity index (χ0) is 27.6. The summed E-state index contributed by atoms with van der Waals surface area (Å²) >= 11 is 0. The van der Waals surface area contributed by atoms with Crippen molar-refractivity contribution in [3.63, 3.8) is 0 Å². The Labute approximate surface area is 228 Å². The molecule has 0 fully saturated rings. The van der Waals surface area contributed by atoms with Crippen molar-refractivity contribution < 1.29 is 23.9 Å². The molecule has 3 aromatic carbocycles. The number of amides is 2. The molecule has 0 aromatic heterocycles. The van der Waals surface area contributed by atoms with E-state index in [0.717, 1.165) is 27.8 Å². The van der Waals surface area contributed by atoms with E-state index in [1.54, 1.807) is 32.9 Å². The van der Waals surface area contributed by atoms with Gasteiger partial charge >= 0.3 is 12.1 Å². The molecule has 1 atom stereocenters. The van der Waals surface area contributed by atoms with Crippen molar-refractivity contribution in [1.82, 2.24) is 5.32 Å². The van der Waals surface area contributed by atoms with Crippen LogP contribution in [-0.4, -0.2) is 42.8 Å². The topological polar surface area (TPSA) is 84.9 Å².